The van der Waals surface area contributed by atoms with E-state index < -0.39 is 0 Å². The average molecular weight is 204 g/mol. The first-order valence-corrected chi connectivity index (χ1v) is 5.82. The maximum absolute atomic E-state index is 5.76. The monoisotopic (exact) mass is 204 g/mol. The van der Waals surface area contributed by atoms with E-state index in [1.54, 1.807) is 0 Å². The Balaban J connectivity index is 1.86. The molecule has 2 heteroatoms. The maximum Gasteiger partial charge on any atom is 0.0384 e. The summed E-state index contributed by atoms with van der Waals surface area (Å²) in [6.07, 6.45) is 5.63. The summed E-state index contributed by atoms with van der Waals surface area (Å²) in [5.41, 5.74) is 7.84. The molecule has 0 spiro atoms. The molecule has 0 bridgehead atoms. The predicted molar refractivity (Wildman–Crippen MR) is 66.1 cm³/mol. The van der Waals surface area contributed by atoms with E-state index in [4.69, 9.17) is 5.73 Å². The molecule has 1 aromatic rings. The Bertz CT molecular complexity index is 318. The van der Waals surface area contributed by atoms with Gasteiger partial charge in [0.2, 0.25) is 0 Å². The standard InChI is InChI=1S/C13H20N2/c1-15(9-8-11-4-2-5-11)13-7-3-6-12(14)10-13/h3,6-7,10-11H,2,4-5,8-9,14H2,1H3. The van der Waals surface area contributed by atoms with Gasteiger partial charge in [-0.15, -0.1) is 0 Å². The number of nitrogens with zero attached hydrogens (tertiary/aromatic N) is 1. The van der Waals surface area contributed by atoms with Gasteiger partial charge in [-0.3, -0.25) is 0 Å². The van der Waals surface area contributed by atoms with Crippen molar-refractivity contribution in [2.75, 3.05) is 24.2 Å². The van der Waals surface area contributed by atoms with Crippen molar-refractivity contribution in [3.05, 3.63) is 24.3 Å². The summed E-state index contributed by atoms with van der Waals surface area (Å²) >= 11 is 0. The van der Waals surface area contributed by atoms with Crippen molar-refractivity contribution in [3.8, 4) is 0 Å². The van der Waals surface area contributed by atoms with Crippen molar-refractivity contribution >= 4 is 11.4 Å². The van der Waals surface area contributed by atoms with Gasteiger partial charge in [0, 0.05) is 25.0 Å². The lowest BCUT2D eigenvalue weighted by Gasteiger charge is -2.28. The summed E-state index contributed by atoms with van der Waals surface area (Å²) in [7, 11) is 2.15. The molecule has 82 valence electrons. The molecule has 0 radical (unpaired) electrons. The van der Waals surface area contributed by atoms with Gasteiger partial charge in [-0.05, 0) is 30.5 Å². The molecule has 1 fully saturated rings. The molecule has 0 amide bonds. The first-order valence-electron chi connectivity index (χ1n) is 5.82. The molecule has 1 aromatic carbocycles. The Morgan fingerprint density at radius 3 is 2.80 bits per heavy atom. The van der Waals surface area contributed by atoms with Crippen molar-refractivity contribution < 1.29 is 0 Å². The minimum atomic E-state index is 0.850. The minimum Gasteiger partial charge on any atom is -0.399 e. The van der Waals surface area contributed by atoms with Crippen LogP contribution in [0.3, 0.4) is 0 Å². The zero-order valence-corrected chi connectivity index (χ0v) is 9.45. The lowest BCUT2D eigenvalue weighted by molar-refractivity contribution is 0.299. The number of nitrogen functional groups attached to an aromatic ring is 1. The smallest absolute Gasteiger partial charge is 0.0384 e. The molecule has 0 saturated heterocycles. The average Bonchev–Trinajstić information content (AvgIpc) is 2.15. The highest BCUT2D eigenvalue weighted by atomic mass is 15.1. The van der Waals surface area contributed by atoms with Crippen molar-refractivity contribution in [1.29, 1.82) is 0 Å². The van der Waals surface area contributed by atoms with Gasteiger partial charge in [-0.25, -0.2) is 0 Å². The number of anilines is 2. The van der Waals surface area contributed by atoms with E-state index in [-0.39, 0.29) is 0 Å². The highest BCUT2D eigenvalue weighted by Crippen LogP contribution is 2.29. The summed E-state index contributed by atoms with van der Waals surface area (Å²) in [6, 6.07) is 8.12. The molecule has 15 heavy (non-hydrogen) atoms. The predicted octanol–water partition coefficient (Wildman–Crippen LogP) is 2.90. The molecule has 0 aliphatic heterocycles. The number of benzene rings is 1. The van der Waals surface area contributed by atoms with Crippen LogP contribution in [0.4, 0.5) is 11.4 Å². The molecule has 1 aliphatic carbocycles. The molecule has 2 rings (SSSR count). The Morgan fingerprint density at radius 1 is 1.40 bits per heavy atom. The van der Waals surface area contributed by atoms with E-state index in [1.165, 1.54) is 31.4 Å². The molecule has 2 nitrogen and oxygen atoms in total. The zero-order chi connectivity index (χ0) is 10.7. The van der Waals surface area contributed by atoms with E-state index in [1.807, 2.05) is 18.2 Å². The topological polar surface area (TPSA) is 29.3 Å². The van der Waals surface area contributed by atoms with Crippen molar-refractivity contribution in [1.82, 2.24) is 0 Å². The molecule has 2 N–H and O–H groups in total. The van der Waals surface area contributed by atoms with Gasteiger partial charge in [0.05, 0.1) is 0 Å². The van der Waals surface area contributed by atoms with Crippen molar-refractivity contribution in [2.45, 2.75) is 25.7 Å². The van der Waals surface area contributed by atoms with Crippen LogP contribution in [0.15, 0.2) is 24.3 Å². The SMILES string of the molecule is CN(CCC1CCC1)c1cccc(N)c1. The fourth-order valence-electron chi connectivity index (χ4n) is 2.05. The van der Waals surface area contributed by atoms with Gasteiger partial charge >= 0.3 is 0 Å². The molecule has 1 aliphatic rings. The van der Waals surface area contributed by atoms with E-state index in [9.17, 15) is 0 Å². The summed E-state index contributed by atoms with van der Waals surface area (Å²) in [6.45, 7) is 1.15. The van der Waals surface area contributed by atoms with Gasteiger partial charge in [0.1, 0.15) is 0 Å². The Morgan fingerprint density at radius 2 is 2.20 bits per heavy atom. The fourth-order valence-corrected chi connectivity index (χ4v) is 2.05. The molecule has 0 unspecified atom stereocenters. The van der Waals surface area contributed by atoms with Crippen LogP contribution >= 0.6 is 0 Å². The van der Waals surface area contributed by atoms with E-state index in [0.717, 1.165) is 18.2 Å². The van der Waals surface area contributed by atoms with Crippen molar-refractivity contribution in [3.63, 3.8) is 0 Å². The van der Waals surface area contributed by atoms with Gasteiger partial charge in [-0.2, -0.15) is 0 Å². The van der Waals surface area contributed by atoms with Crippen LogP contribution in [-0.4, -0.2) is 13.6 Å². The van der Waals surface area contributed by atoms with Crippen LogP contribution in [0.5, 0.6) is 0 Å². The number of rotatable bonds is 4. The van der Waals surface area contributed by atoms with Crippen LogP contribution in [0.2, 0.25) is 0 Å². The van der Waals surface area contributed by atoms with E-state index in [0.29, 0.717) is 0 Å². The third-order valence-electron chi connectivity index (χ3n) is 3.41. The zero-order valence-electron chi connectivity index (χ0n) is 9.45. The molecular weight excluding hydrogens is 184 g/mol. The highest BCUT2D eigenvalue weighted by Gasteiger charge is 2.17. The fraction of sp³-hybridized carbons (Fsp3) is 0.538. The molecule has 0 heterocycles. The maximum atomic E-state index is 5.76. The Labute approximate surface area is 92.1 Å². The summed E-state index contributed by atoms with van der Waals surface area (Å²) in [5.74, 6) is 0.980. The molecule has 0 atom stereocenters. The summed E-state index contributed by atoms with van der Waals surface area (Å²) < 4.78 is 0. The molecule has 0 aromatic heterocycles. The van der Waals surface area contributed by atoms with Gasteiger partial charge < -0.3 is 10.6 Å². The minimum absolute atomic E-state index is 0.850. The normalized spacial score (nSPS) is 16.1. The quantitative estimate of drug-likeness (QED) is 0.764. The molecular formula is C13H20N2. The van der Waals surface area contributed by atoms with Crippen LogP contribution in [0.1, 0.15) is 25.7 Å². The van der Waals surface area contributed by atoms with Crippen LogP contribution < -0.4 is 10.6 Å². The van der Waals surface area contributed by atoms with Gasteiger partial charge in [0.25, 0.3) is 0 Å². The van der Waals surface area contributed by atoms with Crippen LogP contribution in [0.25, 0.3) is 0 Å². The van der Waals surface area contributed by atoms with E-state index >= 15 is 0 Å². The first-order chi connectivity index (χ1) is 7.25. The largest absolute Gasteiger partial charge is 0.399 e. The Hall–Kier alpha value is -1.18. The lowest BCUT2D eigenvalue weighted by Crippen LogP contribution is -2.23. The Kier molecular flexibility index (Phi) is 3.14. The van der Waals surface area contributed by atoms with Crippen LogP contribution in [-0.2, 0) is 0 Å². The third kappa shape index (κ3) is 2.65. The van der Waals surface area contributed by atoms with Crippen LogP contribution in [0, 0.1) is 5.92 Å². The summed E-state index contributed by atoms with van der Waals surface area (Å²) in [4.78, 5) is 2.30. The number of nitrogens with two attached hydrogens (primary N) is 1. The first kappa shape index (κ1) is 10.3. The number of hydrogen-bond acceptors (Lipinski definition) is 2. The lowest BCUT2D eigenvalue weighted by atomic mass is 9.83. The number of hydrogen-bond donors (Lipinski definition) is 1. The highest BCUT2D eigenvalue weighted by molar-refractivity contribution is 5.55. The summed E-state index contributed by atoms with van der Waals surface area (Å²) in [5, 5.41) is 0. The van der Waals surface area contributed by atoms with E-state index in [2.05, 4.69) is 18.0 Å². The molecule has 1 saturated carbocycles. The van der Waals surface area contributed by atoms with Gasteiger partial charge in [0.15, 0.2) is 0 Å². The van der Waals surface area contributed by atoms with Gasteiger partial charge in [-0.1, -0.05) is 25.3 Å². The second-order valence-electron chi connectivity index (χ2n) is 4.60. The second-order valence-corrected chi connectivity index (χ2v) is 4.60. The van der Waals surface area contributed by atoms with Crippen molar-refractivity contribution in [2.24, 2.45) is 5.92 Å². The second kappa shape index (κ2) is 4.56. The third-order valence-corrected chi connectivity index (χ3v) is 3.41.